The molecule has 74 valence electrons. The molecule has 0 radical (unpaired) electrons. The van der Waals surface area contributed by atoms with Crippen LogP contribution in [-0.4, -0.2) is 16.2 Å². The first-order valence-corrected chi connectivity index (χ1v) is 4.38. The largest absolute Gasteiger partial charge is 0.478 e. The maximum absolute atomic E-state index is 10.6. The first-order chi connectivity index (χ1) is 6.50. The lowest BCUT2D eigenvalue weighted by Crippen LogP contribution is -2.19. The number of carboxylic acids is 1. The van der Waals surface area contributed by atoms with E-state index in [0.29, 0.717) is 10.7 Å². The Kier molecular flexibility index (Phi) is 3.27. The summed E-state index contributed by atoms with van der Waals surface area (Å²) >= 11 is 10.4. The van der Waals surface area contributed by atoms with Gasteiger partial charge in [-0.15, -0.1) is 0 Å². The van der Waals surface area contributed by atoms with E-state index < -0.39 is 5.97 Å². The Morgan fingerprint density at radius 2 is 2.21 bits per heavy atom. The number of benzene rings is 1. The molecule has 0 aromatic heterocycles. The standard InChI is InChI=1S/C8H7ClN2O2S/c9-5-2-1-4(7(12)13)3-6(5)11-8(10)14/h1-3H,(H,12,13)(H3,10,11,14). The average Bonchev–Trinajstić information content (AvgIpc) is 2.07. The molecule has 6 heteroatoms. The lowest BCUT2D eigenvalue weighted by Gasteiger charge is -2.06. The van der Waals surface area contributed by atoms with Crippen LogP contribution in [0.3, 0.4) is 0 Å². The van der Waals surface area contributed by atoms with Crippen molar-refractivity contribution in [3.05, 3.63) is 28.8 Å². The number of hydrogen-bond acceptors (Lipinski definition) is 2. The van der Waals surface area contributed by atoms with E-state index in [0.717, 1.165) is 0 Å². The van der Waals surface area contributed by atoms with E-state index in [2.05, 4.69) is 17.5 Å². The van der Waals surface area contributed by atoms with Crippen LogP contribution in [0.25, 0.3) is 0 Å². The van der Waals surface area contributed by atoms with Gasteiger partial charge >= 0.3 is 5.97 Å². The highest BCUT2D eigenvalue weighted by Crippen LogP contribution is 2.22. The number of halogens is 1. The summed E-state index contributed by atoms with van der Waals surface area (Å²) in [5, 5.41) is 11.7. The number of nitrogens with two attached hydrogens (primary N) is 1. The summed E-state index contributed by atoms with van der Waals surface area (Å²) in [5.74, 6) is -1.03. The molecule has 1 aromatic carbocycles. The van der Waals surface area contributed by atoms with Crippen LogP contribution < -0.4 is 11.1 Å². The fourth-order valence-corrected chi connectivity index (χ4v) is 1.16. The molecule has 0 atom stereocenters. The van der Waals surface area contributed by atoms with Crippen LogP contribution in [0.2, 0.25) is 5.02 Å². The molecular weight excluding hydrogens is 224 g/mol. The van der Waals surface area contributed by atoms with Gasteiger partial charge in [-0.05, 0) is 30.4 Å². The Bertz CT molecular complexity index is 395. The predicted molar refractivity (Wildman–Crippen MR) is 58.8 cm³/mol. The van der Waals surface area contributed by atoms with Crippen LogP contribution in [0.15, 0.2) is 18.2 Å². The number of carboxylic acid groups (broad SMARTS) is 1. The normalized spacial score (nSPS) is 9.50. The highest BCUT2D eigenvalue weighted by Gasteiger charge is 2.07. The highest BCUT2D eigenvalue weighted by atomic mass is 35.5. The molecule has 14 heavy (non-hydrogen) atoms. The maximum atomic E-state index is 10.6. The van der Waals surface area contributed by atoms with Gasteiger partial charge < -0.3 is 16.2 Å². The Balaban J connectivity index is 3.08. The Hall–Kier alpha value is -1.33. The third kappa shape index (κ3) is 2.58. The van der Waals surface area contributed by atoms with Gasteiger partial charge in [0.05, 0.1) is 16.3 Å². The van der Waals surface area contributed by atoms with Gasteiger partial charge in [0.25, 0.3) is 0 Å². The van der Waals surface area contributed by atoms with Crippen LogP contribution in [0.4, 0.5) is 5.69 Å². The molecule has 4 N–H and O–H groups in total. The van der Waals surface area contributed by atoms with Gasteiger partial charge in [-0.2, -0.15) is 0 Å². The minimum absolute atomic E-state index is 0.0365. The van der Waals surface area contributed by atoms with Crippen molar-refractivity contribution in [3.8, 4) is 0 Å². The molecule has 0 bridgehead atoms. The number of rotatable bonds is 2. The number of hydrogen-bond donors (Lipinski definition) is 3. The summed E-state index contributed by atoms with van der Waals surface area (Å²) in [4.78, 5) is 10.6. The monoisotopic (exact) mass is 230 g/mol. The van der Waals surface area contributed by atoms with Gasteiger partial charge in [0.2, 0.25) is 0 Å². The molecule has 0 aliphatic rings. The molecule has 0 amide bonds. The molecule has 0 unspecified atom stereocenters. The van der Waals surface area contributed by atoms with E-state index in [4.69, 9.17) is 22.4 Å². The lowest BCUT2D eigenvalue weighted by molar-refractivity contribution is 0.0697. The third-order valence-corrected chi connectivity index (χ3v) is 1.90. The SMILES string of the molecule is NC(=S)Nc1cc(C(=O)O)ccc1Cl. The molecular formula is C8H7ClN2O2S. The van der Waals surface area contributed by atoms with Crippen LogP contribution >= 0.6 is 23.8 Å². The van der Waals surface area contributed by atoms with Crippen molar-refractivity contribution in [1.29, 1.82) is 0 Å². The van der Waals surface area contributed by atoms with Crippen LogP contribution in [0.1, 0.15) is 10.4 Å². The highest BCUT2D eigenvalue weighted by molar-refractivity contribution is 7.80. The molecule has 1 rings (SSSR count). The van der Waals surface area contributed by atoms with Crippen molar-refractivity contribution in [2.24, 2.45) is 5.73 Å². The van der Waals surface area contributed by atoms with Crippen molar-refractivity contribution in [2.75, 3.05) is 5.32 Å². The van der Waals surface area contributed by atoms with Crippen molar-refractivity contribution in [3.63, 3.8) is 0 Å². The van der Waals surface area contributed by atoms with Gasteiger partial charge in [0.15, 0.2) is 5.11 Å². The molecule has 0 saturated heterocycles. The number of thiocarbonyl (C=S) groups is 1. The molecule has 0 aliphatic carbocycles. The summed E-state index contributed by atoms with van der Waals surface area (Å²) < 4.78 is 0. The predicted octanol–water partition coefficient (Wildman–Crippen LogP) is 1.69. The average molecular weight is 231 g/mol. The summed E-state index contributed by atoms with van der Waals surface area (Å²) in [7, 11) is 0. The van der Waals surface area contributed by atoms with E-state index in [1.54, 1.807) is 0 Å². The molecule has 1 aromatic rings. The zero-order valence-electron chi connectivity index (χ0n) is 6.95. The summed E-state index contributed by atoms with van der Waals surface area (Å²) in [6.45, 7) is 0. The van der Waals surface area contributed by atoms with Crippen molar-refractivity contribution < 1.29 is 9.90 Å². The summed E-state index contributed by atoms with van der Waals surface area (Å²) in [6.07, 6.45) is 0. The molecule has 0 fully saturated rings. The van der Waals surface area contributed by atoms with Gasteiger partial charge in [-0.25, -0.2) is 4.79 Å². The maximum Gasteiger partial charge on any atom is 0.335 e. The zero-order valence-corrected chi connectivity index (χ0v) is 8.52. The first-order valence-electron chi connectivity index (χ1n) is 3.60. The molecule has 0 heterocycles. The summed E-state index contributed by atoms with van der Waals surface area (Å²) in [6, 6.07) is 4.23. The second-order valence-electron chi connectivity index (χ2n) is 2.49. The number of carbonyl (C=O) groups is 1. The Morgan fingerprint density at radius 3 is 2.71 bits per heavy atom. The first kappa shape index (κ1) is 10.7. The van der Waals surface area contributed by atoms with Crippen LogP contribution in [0, 0.1) is 0 Å². The fraction of sp³-hybridized carbons (Fsp3) is 0. The van der Waals surface area contributed by atoms with E-state index in [1.807, 2.05) is 0 Å². The molecule has 0 spiro atoms. The topological polar surface area (TPSA) is 75.3 Å². The summed E-state index contributed by atoms with van der Waals surface area (Å²) in [5.41, 5.74) is 5.74. The Labute approximate surface area is 90.7 Å². The van der Waals surface area contributed by atoms with Crippen molar-refractivity contribution in [2.45, 2.75) is 0 Å². The molecule has 0 aliphatic heterocycles. The van der Waals surface area contributed by atoms with Gasteiger partial charge in [-0.3, -0.25) is 0 Å². The van der Waals surface area contributed by atoms with E-state index in [9.17, 15) is 4.79 Å². The van der Waals surface area contributed by atoms with E-state index in [1.165, 1.54) is 18.2 Å². The van der Waals surface area contributed by atoms with E-state index >= 15 is 0 Å². The smallest absolute Gasteiger partial charge is 0.335 e. The molecule has 4 nitrogen and oxygen atoms in total. The quantitative estimate of drug-likeness (QED) is 0.675. The lowest BCUT2D eigenvalue weighted by atomic mass is 10.2. The van der Waals surface area contributed by atoms with Gasteiger partial charge in [0.1, 0.15) is 0 Å². The molecule has 0 saturated carbocycles. The third-order valence-electron chi connectivity index (χ3n) is 1.47. The van der Waals surface area contributed by atoms with Crippen molar-refractivity contribution in [1.82, 2.24) is 0 Å². The van der Waals surface area contributed by atoms with Crippen molar-refractivity contribution >= 4 is 40.6 Å². The minimum atomic E-state index is -1.03. The second kappa shape index (κ2) is 4.26. The zero-order chi connectivity index (χ0) is 10.7. The number of nitrogens with one attached hydrogen (secondary N) is 1. The number of aromatic carboxylic acids is 1. The van der Waals surface area contributed by atoms with E-state index in [-0.39, 0.29) is 10.7 Å². The minimum Gasteiger partial charge on any atom is -0.478 e. The second-order valence-corrected chi connectivity index (χ2v) is 3.34. The van der Waals surface area contributed by atoms with Gasteiger partial charge in [-0.1, -0.05) is 11.6 Å². The van der Waals surface area contributed by atoms with Gasteiger partial charge in [0, 0.05) is 0 Å². The van der Waals surface area contributed by atoms with Crippen LogP contribution in [-0.2, 0) is 0 Å². The van der Waals surface area contributed by atoms with Crippen LogP contribution in [0.5, 0.6) is 0 Å². The Morgan fingerprint density at radius 1 is 1.57 bits per heavy atom. The fourth-order valence-electron chi connectivity index (χ4n) is 0.887. The number of anilines is 1.